The molecule has 1 aromatic heterocycles. The number of carbonyl (C=O) groups excluding carboxylic acids is 1. The third kappa shape index (κ3) is 4.05. The molecule has 2 N–H and O–H groups in total. The van der Waals surface area contributed by atoms with Crippen LogP contribution in [0.1, 0.15) is 18.5 Å². The number of nitrogens with zero attached hydrogens (tertiary/aromatic N) is 4. The molecule has 1 aliphatic rings. The highest BCUT2D eigenvalue weighted by atomic mass is 16.6. The predicted octanol–water partition coefficient (Wildman–Crippen LogP) is 4.79. The number of ether oxygens (including phenoxy) is 1. The topological polar surface area (TPSA) is 124 Å². The van der Waals surface area contributed by atoms with Gasteiger partial charge < -0.3 is 15.4 Å². The maximum Gasteiger partial charge on any atom is 0.275 e. The number of nitro groups is 1. The van der Waals surface area contributed by atoms with Crippen molar-refractivity contribution >= 4 is 23.2 Å². The molecule has 36 heavy (non-hydrogen) atoms. The number of para-hydroxylation sites is 3. The number of fused-ring (bicyclic) bond motifs is 1. The van der Waals surface area contributed by atoms with Gasteiger partial charge in [-0.1, -0.05) is 54.6 Å². The van der Waals surface area contributed by atoms with Crippen molar-refractivity contribution in [2.75, 3.05) is 17.7 Å². The molecule has 3 aromatic carbocycles. The fourth-order valence-corrected chi connectivity index (χ4v) is 4.26. The van der Waals surface area contributed by atoms with Gasteiger partial charge in [-0.2, -0.15) is 4.98 Å². The number of amides is 1. The molecule has 2 heterocycles. The van der Waals surface area contributed by atoms with Gasteiger partial charge in [0.15, 0.2) is 5.82 Å². The van der Waals surface area contributed by atoms with Crippen molar-refractivity contribution in [3.8, 4) is 17.1 Å². The summed E-state index contributed by atoms with van der Waals surface area (Å²) in [5.41, 5.74) is 2.22. The monoisotopic (exact) mass is 482 g/mol. The molecule has 0 saturated carbocycles. The van der Waals surface area contributed by atoms with Crippen LogP contribution in [0, 0.1) is 10.1 Å². The van der Waals surface area contributed by atoms with E-state index >= 15 is 0 Å². The maximum absolute atomic E-state index is 13.7. The predicted molar refractivity (Wildman–Crippen MR) is 135 cm³/mol. The van der Waals surface area contributed by atoms with Crippen LogP contribution in [0.5, 0.6) is 5.75 Å². The number of carbonyl (C=O) groups is 1. The standard InChI is InChI=1S/C26H22N6O4/c1-16-22(25(33)28-19-13-7-9-15-21(19)36-2)23(18-12-6-8-14-20(18)32(34)35)31-26(27-16)29-24(30-31)17-10-4-3-5-11-17/h3-15,23H,1-2H3,(H,28,33)(H,27,29,30)/t23-/m1/s1. The van der Waals surface area contributed by atoms with Crippen LogP contribution < -0.4 is 15.4 Å². The number of benzene rings is 3. The van der Waals surface area contributed by atoms with Gasteiger partial charge in [-0.3, -0.25) is 14.9 Å². The number of aromatic nitrogens is 3. The number of hydrogen-bond acceptors (Lipinski definition) is 7. The Labute approximate surface area is 206 Å². The van der Waals surface area contributed by atoms with E-state index in [1.807, 2.05) is 30.3 Å². The van der Waals surface area contributed by atoms with Crippen molar-refractivity contribution in [1.82, 2.24) is 14.8 Å². The molecule has 0 unspecified atom stereocenters. The third-order valence-electron chi connectivity index (χ3n) is 5.91. The van der Waals surface area contributed by atoms with Crippen molar-refractivity contribution < 1.29 is 14.5 Å². The van der Waals surface area contributed by atoms with E-state index in [0.717, 1.165) is 5.56 Å². The molecule has 5 rings (SSSR count). The number of nitro benzene ring substituents is 1. The van der Waals surface area contributed by atoms with Gasteiger partial charge in [0.1, 0.15) is 11.8 Å². The summed E-state index contributed by atoms with van der Waals surface area (Å²) >= 11 is 0. The molecule has 1 aliphatic heterocycles. The van der Waals surface area contributed by atoms with E-state index < -0.39 is 16.9 Å². The van der Waals surface area contributed by atoms with E-state index in [-0.39, 0.29) is 11.3 Å². The molecule has 0 saturated heterocycles. The Morgan fingerprint density at radius 2 is 1.75 bits per heavy atom. The summed E-state index contributed by atoms with van der Waals surface area (Å²) in [6.45, 7) is 1.74. The first-order valence-electron chi connectivity index (χ1n) is 11.2. The highest BCUT2D eigenvalue weighted by Gasteiger charge is 2.38. The molecule has 10 heteroatoms. The first kappa shape index (κ1) is 22.8. The quantitative estimate of drug-likeness (QED) is 0.299. The summed E-state index contributed by atoms with van der Waals surface area (Å²) in [4.78, 5) is 29.8. The van der Waals surface area contributed by atoms with Crippen LogP contribution in [-0.4, -0.2) is 32.7 Å². The number of hydrogen-bond donors (Lipinski definition) is 2. The summed E-state index contributed by atoms with van der Waals surface area (Å²) in [7, 11) is 1.51. The summed E-state index contributed by atoms with van der Waals surface area (Å²) in [5.74, 6) is 0.849. The molecular formula is C26H22N6O4. The zero-order valence-corrected chi connectivity index (χ0v) is 19.5. The Kier molecular flexibility index (Phi) is 5.91. The highest BCUT2D eigenvalue weighted by Crippen LogP contribution is 2.40. The molecule has 0 aliphatic carbocycles. The lowest BCUT2D eigenvalue weighted by atomic mass is 9.93. The van der Waals surface area contributed by atoms with Crippen molar-refractivity contribution in [2.45, 2.75) is 13.0 Å². The van der Waals surface area contributed by atoms with Crippen LogP contribution in [0.4, 0.5) is 17.3 Å². The van der Waals surface area contributed by atoms with Crippen molar-refractivity contribution in [2.24, 2.45) is 0 Å². The molecule has 0 radical (unpaired) electrons. The Morgan fingerprint density at radius 1 is 1.06 bits per heavy atom. The smallest absolute Gasteiger partial charge is 0.275 e. The zero-order chi connectivity index (χ0) is 25.2. The SMILES string of the molecule is COc1ccccc1NC(=O)C1=C(C)Nc2nc(-c3ccccc3)nn2[C@@H]1c1ccccc1[N+](=O)[O-]. The molecule has 180 valence electrons. The molecular weight excluding hydrogens is 460 g/mol. The van der Waals surface area contributed by atoms with Crippen LogP contribution in [0.2, 0.25) is 0 Å². The van der Waals surface area contributed by atoms with Crippen LogP contribution in [0.15, 0.2) is 90.1 Å². The largest absolute Gasteiger partial charge is 0.495 e. The lowest BCUT2D eigenvalue weighted by molar-refractivity contribution is -0.385. The molecule has 10 nitrogen and oxygen atoms in total. The Morgan fingerprint density at radius 3 is 2.50 bits per heavy atom. The van der Waals surface area contributed by atoms with Gasteiger partial charge >= 0.3 is 0 Å². The second-order valence-corrected chi connectivity index (χ2v) is 8.11. The van der Waals surface area contributed by atoms with E-state index in [0.29, 0.717) is 34.5 Å². The molecule has 4 aromatic rings. The van der Waals surface area contributed by atoms with E-state index in [1.165, 1.54) is 17.9 Å². The van der Waals surface area contributed by atoms with Gasteiger partial charge in [0.25, 0.3) is 11.6 Å². The van der Waals surface area contributed by atoms with Crippen LogP contribution in [0.3, 0.4) is 0 Å². The Bertz CT molecular complexity index is 1500. The van der Waals surface area contributed by atoms with E-state index in [2.05, 4.69) is 20.7 Å². The normalized spacial score (nSPS) is 14.6. The minimum atomic E-state index is -0.900. The fourth-order valence-electron chi connectivity index (χ4n) is 4.26. The Balaban J connectivity index is 1.66. The van der Waals surface area contributed by atoms with Gasteiger partial charge in [0.2, 0.25) is 5.95 Å². The molecule has 0 fully saturated rings. The average molecular weight is 483 g/mol. The molecule has 1 amide bonds. The van der Waals surface area contributed by atoms with Gasteiger partial charge in [-0.25, -0.2) is 4.68 Å². The lowest BCUT2D eigenvalue weighted by Gasteiger charge is -2.28. The van der Waals surface area contributed by atoms with Crippen molar-refractivity contribution in [1.29, 1.82) is 0 Å². The van der Waals surface area contributed by atoms with Crippen LogP contribution in [-0.2, 0) is 4.79 Å². The second-order valence-electron chi connectivity index (χ2n) is 8.11. The van der Waals surface area contributed by atoms with E-state index in [9.17, 15) is 14.9 Å². The van der Waals surface area contributed by atoms with Crippen LogP contribution in [0.25, 0.3) is 11.4 Å². The lowest BCUT2D eigenvalue weighted by Crippen LogP contribution is -2.32. The third-order valence-corrected chi connectivity index (χ3v) is 5.91. The van der Waals surface area contributed by atoms with Gasteiger partial charge in [0.05, 0.1) is 28.9 Å². The molecule has 0 spiro atoms. The Hall–Kier alpha value is -4.99. The molecule has 1 atom stereocenters. The summed E-state index contributed by atoms with van der Waals surface area (Å²) in [6.07, 6.45) is 0. The zero-order valence-electron chi connectivity index (χ0n) is 19.5. The highest BCUT2D eigenvalue weighted by molar-refractivity contribution is 6.06. The molecule has 0 bridgehead atoms. The minimum absolute atomic E-state index is 0.123. The number of allylic oxidation sites excluding steroid dienone is 1. The fraction of sp³-hybridized carbons (Fsp3) is 0.115. The first-order chi connectivity index (χ1) is 17.5. The second kappa shape index (κ2) is 9.34. The number of anilines is 2. The van der Waals surface area contributed by atoms with Gasteiger partial charge in [-0.05, 0) is 25.1 Å². The summed E-state index contributed by atoms with van der Waals surface area (Å²) in [6, 6.07) is 21.8. The van der Waals surface area contributed by atoms with Crippen molar-refractivity contribution in [3.63, 3.8) is 0 Å². The van der Waals surface area contributed by atoms with Gasteiger partial charge in [-0.15, -0.1) is 5.10 Å². The number of methoxy groups -OCH3 is 1. The van der Waals surface area contributed by atoms with E-state index in [4.69, 9.17) is 4.74 Å². The van der Waals surface area contributed by atoms with E-state index in [1.54, 1.807) is 49.4 Å². The minimum Gasteiger partial charge on any atom is -0.495 e. The van der Waals surface area contributed by atoms with Gasteiger partial charge in [0, 0.05) is 17.3 Å². The number of nitrogens with one attached hydrogen (secondary N) is 2. The first-order valence-corrected chi connectivity index (χ1v) is 11.2. The van der Waals surface area contributed by atoms with Crippen LogP contribution >= 0.6 is 0 Å². The average Bonchev–Trinajstić information content (AvgIpc) is 3.32. The number of rotatable bonds is 6. The maximum atomic E-state index is 13.7. The summed E-state index contributed by atoms with van der Waals surface area (Å²) < 4.78 is 6.89. The van der Waals surface area contributed by atoms with Crippen molar-refractivity contribution in [3.05, 3.63) is 106 Å². The summed E-state index contributed by atoms with van der Waals surface area (Å²) in [5, 5.41) is 22.7.